The maximum atomic E-state index is 5.57. The third-order valence-corrected chi connectivity index (χ3v) is 2.39. The van der Waals surface area contributed by atoms with Crippen LogP contribution < -0.4 is 0 Å². The van der Waals surface area contributed by atoms with Gasteiger partial charge in [-0.05, 0) is 12.3 Å². The quantitative estimate of drug-likeness (QED) is 0.640. The van der Waals surface area contributed by atoms with Crippen molar-refractivity contribution in [2.75, 3.05) is 0 Å². The van der Waals surface area contributed by atoms with Crippen molar-refractivity contribution in [3.05, 3.63) is 17.8 Å². The predicted octanol–water partition coefficient (Wildman–Crippen LogP) is 2.54. The molecule has 60 valence electrons. The summed E-state index contributed by atoms with van der Waals surface area (Å²) in [6, 6.07) is 0. The average Bonchev–Trinajstić information content (AvgIpc) is 2.59. The Morgan fingerprint density at radius 2 is 2.55 bits per heavy atom. The van der Waals surface area contributed by atoms with E-state index in [1.807, 2.05) is 0 Å². The minimum Gasteiger partial charge on any atom is -0.444 e. The standard InChI is InChI=1S/C8H10ClNO/c1-5-2-7(5)8-10-4-6(3-9)11-8/h4-5,7H,2-3H2,1H3/t5-,7+/m0/s1. The zero-order chi connectivity index (χ0) is 7.84. The van der Waals surface area contributed by atoms with Crippen molar-refractivity contribution >= 4 is 11.6 Å². The molecule has 1 aliphatic carbocycles. The maximum Gasteiger partial charge on any atom is 0.197 e. The number of hydrogen-bond donors (Lipinski definition) is 0. The molecular formula is C8H10ClNO. The average molecular weight is 172 g/mol. The van der Waals surface area contributed by atoms with E-state index in [9.17, 15) is 0 Å². The normalized spacial score (nSPS) is 28.9. The SMILES string of the molecule is C[C@H]1C[C@H]1c1ncc(CCl)o1. The Hall–Kier alpha value is -0.500. The lowest BCUT2D eigenvalue weighted by Gasteiger charge is -1.87. The lowest BCUT2D eigenvalue weighted by atomic mass is 10.3. The molecule has 2 rings (SSSR count). The molecule has 0 N–H and O–H groups in total. The molecule has 0 unspecified atom stereocenters. The highest BCUT2D eigenvalue weighted by Gasteiger charge is 2.37. The van der Waals surface area contributed by atoms with Crippen LogP contribution in [0, 0.1) is 5.92 Å². The summed E-state index contributed by atoms with van der Waals surface area (Å²) in [4.78, 5) is 4.15. The minimum atomic E-state index is 0.425. The van der Waals surface area contributed by atoms with Gasteiger partial charge >= 0.3 is 0 Å². The van der Waals surface area contributed by atoms with Gasteiger partial charge in [0.25, 0.3) is 0 Å². The van der Waals surface area contributed by atoms with Crippen molar-refractivity contribution in [1.29, 1.82) is 0 Å². The van der Waals surface area contributed by atoms with Crippen molar-refractivity contribution in [2.45, 2.75) is 25.1 Å². The van der Waals surface area contributed by atoms with Crippen molar-refractivity contribution in [2.24, 2.45) is 5.92 Å². The molecule has 0 bridgehead atoms. The number of rotatable bonds is 2. The van der Waals surface area contributed by atoms with Crippen molar-refractivity contribution < 1.29 is 4.42 Å². The lowest BCUT2D eigenvalue weighted by molar-refractivity contribution is 0.464. The zero-order valence-electron chi connectivity index (χ0n) is 6.38. The van der Waals surface area contributed by atoms with Crippen LogP contribution in [-0.4, -0.2) is 4.98 Å². The molecule has 0 radical (unpaired) electrons. The summed E-state index contributed by atoms with van der Waals surface area (Å²) < 4.78 is 5.38. The number of aromatic nitrogens is 1. The van der Waals surface area contributed by atoms with Crippen LogP contribution in [0.15, 0.2) is 10.6 Å². The smallest absolute Gasteiger partial charge is 0.197 e. The highest BCUT2D eigenvalue weighted by atomic mass is 35.5. The number of oxazole rings is 1. The van der Waals surface area contributed by atoms with Crippen LogP contribution in [0.1, 0.15) is 30.9 Å². The summed E-state index contributed by atoms with van der Waals surface area (Å²) in [5.74, 6) is 3.38. The second kappa shape index (κ2) is 2.52. The van der Waals surface area contributed by atoms with E-state index in [0.29, 0.717) is 11.8 Å². The monoisotopic (exact) mass is 171 g/mol. The fourth-order valence-electron chi connectivity index (χ4n) is 1.22. The van der Waals surface area contributed by atoms with E-state index in [2.05, 4.69) is 11.9 Å². The Morgan fingerprint density at radius 3 is 3.00 bits per heavy atom. The molecule has 11 heavy (non-hydrogen) atoms. The van der Waals surface area contributed by atoms with Gasteiger partial charge in [-0.2, -0.15) is 0 Å². The summed E-state index contributed by atoms with van der Waals surface area (Å²) in [6.45, 7) is 2.20. The van der Waals surface area contributed by atoms with Gasteiger partial charge in [0, 0.05) is 5.92 Å². The molecule has 0 saturated heterocycles. The highest BCUT2D eigenvalue weighted by molar-refractivity contribution is 6.16. The van der Waals surface area contributed by atoms with E-state index in [1.165, 1.54) is 6.42 Å². The Balaban J connectivity index is 2.13. The molecule has 1 aromatic rings. The maximum absolute atomic E-state index is 5.57. The first-order valence-corrected chi connectivity index (χ1v) is 4.35. The van der Waals surface area contributed by atoms with E-state index in [1.54, 1.807) is 6.20 Å². The number of nitrogens with zero attached hydrogens (tertiary/aromatic N) is 1. The molecule has 0 aliphatic heterocycles. The van der Waals surface area contributed by atoms with Crippen LogP contribution in [-0.2, 0) is 5.88 Å². The summed E-state index contributed by atoms with van der Waals surface area (Å²) in [6.07, 6.45) is 2.93. The molecule has 2 atom stereocenters. The number of hydrogen-bond acceptors (Lipinski definition) is 2. The summed E-state index contributed by atoms with van der Waals surface area (Å²) in [5.41, 5.74) is 0. The van der Waals surface area contributed by atoms with Crippen LogP contribution in [0.5, 0.6) is 0 Å². The Labute approximate surface area is 70.6 Å². The number of alkyl halides is 1. The Bertz CT molecular complexity index is 258. The topological polar surface area (TPSA) is 26.0 Å². The van der Waals surface area contributed by atoms with Gasteiger partial charge in [0.2, 0.25) is 0 Å². The second-order valence-corrected chi connectivity index (χ2v) is 3.39. The molecule has 0 spiro atoms. The third-order valence-electron chi connectivity index (χ3n) is 2.13. The van der Waals surface area contributed by atoms with Crippen LogP contribution in [0.4, 0.5) is 0 Å². The largest absolute Gasteiger partial charge is 0.444 e. The minimum absolute atomic E-state index is 0.425. The fraction of sp³-hybridized carbons (Fsp3) is 0.625. The lowest BCUT2D eigenvalue weighted by Crippen LogP contribution is -1.78. The molecule has 1 aliphatic rings. The second-order valence-electron chi connectivity index (χ2n) is 3.12. The van der Waals surface area contributed by atoms with Crippen molar-refractivity contribution in [3.63, 3.8) is 0 Å². The molecular weight excluding hydrogens is 162 g/mol. The first-order valence-electron chi connectivity index (χ1n) is 3.82. The van der Waals surface area contributed by atoms with Crippen LogP contribution >= 0.6 is 11.6 Å². The van der Waals surface area contributed by atoms with E-state index >= 15 is 0 Å². The van der Waals surface area contributed by atoms with Crippen molar-refractivity contribution in [1.82, 2.24) is 4.98 Å². The molecule has 1 saturated carbocycles. The van der Waals surface area contributed by atoms with Gasteiger partial charge in [0.1, 0.15) is 5.76 Å². The molecule has 0 aromatic carbocycles. The zero-order valence-corrected chi connectivity index (χ0v) is 7.14. The van der Waals surface area contributed by atoms with Gasteiger partial charge in [-0.15, -0.1) is 11.6 Å². The first-order chi connectivity index (χ1) is 5.31. The molecule has 1 aromatic heterocycles. The van der Waals surface area contributed by atoms with E-state index in [4.69, 9.17) is 16.0 Å². The Kier molecular flexibility index (Phi) is 1.64. The van der Waals surface area contributed by atoms with Gasteiger partial charge < -0.3 is 4.42 Å². The highest BCUT2D eigenvalue weighted by Crippen LogP contribution is 2.46. The van der Waals surface area contributed by atoms with Gasteiger partial charge in [0.05, 0.1) is 12.1 Å². The molecule has 1 fully saturated rings. The van der Waals surface area contributed by atoms with E-state index in [-0.39, 0.29) is 0 Å². The van der Waals surface area contributed by atoms with Crippen LogP contribution in [0.25, 0.3) is 0 Å². The summed E-state index contributed by atoms with van der Waals surface area (Å²) >= 11 is 5.57. The van der Waals surface area contributed by atoms with Crippen LogP contribution in [0.2, 0.25) is 0 Å². The summed E-state index contributed by atoms with van der Waals surface area (Å²) in [5, 5.41) is 0. The van der Waals surface area contributed by atoms with E-state index < -0.39 is 0 Å². The van der Waals surface area contributed by atoms with Crippen molar-refractivity contribution in [3.8, 4) is 0 Å². The third kappa shape index (κ3) is 1.27. The van der Waals surface area contributed by atoms with Gasteiger partial charge in [-0.25, -0.2) is 4.98 Å². The number of halogens is 1. The van der Waals surface area contributed by atoms with Gasteiger partial charge in [-0.1, -0.05) is 6.92 Å². The fourth-order valence-corrected chi connectivity index (χ4v) is 1.35. The molecule has 3 heteroatoms. The molecule has 2 nitrogen and oxygen atoms in total. The molecule has 0 amide bonds. The summed E-state index contributed by atoms with van der Waals surface area (Å²) in [7, 11) is 0. The van der Waals surface area contributed by atoms with Gasteiger partial charge in [-0.3, -0.25) is 0 Å². The molecule has 1 heterocycles. The van der Waals surface area contributed by atoms with Gasteiger partial charge in [0.15, 0.2) is 5.89 Å². The predicted molar refractivity (Wildman–Crippen MR) is 42.6 cm³/mol. The first kappa shape index (κ1) is 7.17. The Morgan fingerprint density at radius 1 is 1.82 bits per heavy atom. The van der Waals surface area contributed by atoms with E-state index in [0.717, 1.165) is 17.6 Å². The van der Waals surface area contributed by atoms with Crippen LogP contribution in [0.3, 0.4) is 0 Å².